The van der Waals surface area contributed by atoms with Crippen LogP contribution in [0.15, 0.2) is 24.5 Å². The molecule has 1 N–H and O–H groups in total. The van der Waals surface area contributed by atoms with Gasteiger partial charge in [0.25, 0.3) is 0 Å². The molecule has 0 spiro atoms. The third-order valence-corrected chi connectivity index (χ3v) is 5.08. The maximum Gasteiger partial charge on any atom is 0.321 e. The first-order chi connectivity index (χ1) is 11.6. The highest BCUT2D eigenvalue weighted by Crippen LogP contribution is 2.23. The second kappa shape index (κ2) is 7.64. The number of hydrogen-bond donors (Lipinski definition) is 1. The fourth-order valence-corrected chi connectivity index (χ4v) is 3.49. The maximum absolute atomic E-state index is 12.7. The van der Waals surface area contributed by atoms with Gasteiger partial charge in [0.05, 0.1) is 5.92 Å². The molecule has 1 aromatic rings. The van der Waals surface area contributed by atoms with E-state index in [-0.39, 0.29) is 17.9 Å². The maximum atomic E-state index is 12.7. The Balaban J connectivity index is 1.55. The van der Waals surface area contributed by atoms with Crippen molar-refractivity contribution in [3.63, 3.8) is 0 Å². The number of nitrogens with zero attached hydrogens (tertiary/aromatic N) is 3. The number of pyridine rings is 1. The third-order valence-electron chi connectivity index (χ3n) is 5.08. The summed E-state index contributed by atoms with van der Waals surface area (Å²) >= 11 is 0. The molecule has 3 amide bonds. The number of amides is 3. The Kier molecular flexibility index (Phi) is 5.33. The van der Waals surface area contributed by atoms with Gasteiger partial charge in [0.15, 0.2) is 0 Å². The molecule has 2 fully saturated rings. The Morgan fingerprint density at radius 2 is 1.79 bits per heavy atom. The van der Waals surface area contributed by atoms with Crippen molar-refractivity contribution in [1.29, 1.82) is 0 Å². The van der Waals surface area contributed by atoms with Gasteiger partial charge in [0.2, 0.25) is 5.91 Å². The minimum atomic E-state index is -0.133. The molecule has 0 saturated carbocycles. The van der Waals surface area contributed by atoms with Crippen LogP contribution in [0, 0.1) is 11.8 Å². The van der Waals surface area contributed by atoms with Crippen molar-refractivity contribution in [2.24, 2.45) is 11.8 Å². The molecule has 130 valence electrons. The summed E-state index contributed by atoms with van der Waals surface area (Å²) in [6.07, 6.45) is 7.23. The molecule has 2 aliphatic rings. The van der Waals surface area contributed by atoms with E-state index in [4.69, 9.17) is 0 Å². The van der Waals surface area contributed by atoms with Crippen molar-refractivity contribution in [1.82, 2.24) is 14.8 Å². The lowest BCUT2D eigenvalue weighted by Crippen LogP contribution is -2.49. The molecule has 1 atom stereocenters. The van der Waals surface area contributed by atoms with E-state index < -0.39 is 0 Å². The zero-order valence-corrected chi connectivity index (χ0v) is 14.3. The molecule has 0 radical (unpaired) electrons. The molecular formula is C18H26N4O2. The molecule has 0 bridgehead atoms. The Hall–Kier alpha value is -2.11. The first kappa shape index (κ1) is 16.7. The van der Waals surface area contributed by atoms with E-state index in [1.54, 1.807) is 29.4 Å². The molecule has 6 nitrogen and oxygen atoms in total. The number of likely N-dealkylation sites (tertiary alicyclic amines) is 2. The van der Waals surface area contributed by atoms with Crippen LogP contribution in [0.5, 0.6) is 0 Å². The topological polar surface area (TPSA) is 65.5 Å². The molecule has 6 heteroatoms. The molecule has 0 aromatic carbocycles. The van der Waals surface area contributed by atoms with Crippen LogP contribution in [0.25, 0.3) is 0 Å². The average Bonchev–Trinajstić information content (AvgIpc) is 2.63. The van der Waals surface area contributed by atoms with Gasteiger partial charge in [0.1, 0.15) is 0 Å². The molecule has 0 aliphatic carbocycles. The summed E-state index contributed by atoms with van der Waals surface area (Å²) < 4.78 is 0. The Morgan fingerprint density at radius 1 is 1.08 bits per heavy atom. The van der Waals surface area contributed by atoms with Gasteiger partial charge < -0.3 is 15.1 Å². The van der Waals surface area contributed by atoms with Gasteiger partial charge in [-0.1, -0.05) is 6.92 Å². The van der Waals surface area contributed by atoms with Gasteiger partial charge in [-0.25, -0.2) is 4.79 Å². The molecule has 24 heavy (non-hydrogen) atoms. The van der Waals surface area contributed by atoms with Crippen molar-refractivity contribution >= 4 is 17.6 Å². The number of nitrogens with one attached hydrogen (secondary N) is 1. The van der Waals surface area contributed by atoms with Gasteiger partial charge in [0, 0.05) is 44.3 Å². The van der Waals surface area contributed by atoms with Gasteiger partial charge in [-0.3, -0.25) is 9.78 Å². The summed E-state index contributed by atoms with van der Waals surface area (Å²) in [5, 5.41) is 2.88. The van der Waals surface area contributed by atoms with Gasteiger partial charge in [-0.15, -0.1) is 0 Å². The van der Waals surface area contributed by atoms with Crippen LogP contribution < -0.4 is 5.32 Å². The van der Waals surface area contributed by atoms with E-state index in [1.165, 1.54) is 0 Å². The molecule has 1 aromatic heterocycles. The summed E-state index contributed by atoms with van der Waals surface area (Å²) in [6, 6.07) is 3.39. The quantitative estimate of drug-likeness (QED) is 0.906. The fourth-order valence-electron chi connectivity index (χ4n) is 3.49. The zero-order chi connectivity index (χ0) is 16.9. The largest absolute Gasteiger partial charge is 0.342 e. The normalized spacial score (nSPS) is 22.3. The standard InChI is InChI=1S/C18H26N4O2/c1-14-6-11-21(12-7-14)17(23)15-3-2-10-22(13-15)18(24)20-16-4-8-19-9-5-16/h4-5,8-9,14-15H,2-3,6-7,10-13H2,1H3,(H,19,20,24)/t15-/m1/s1. The van der Waals surface area contributed by atoms with Crippen molar-refractivity contribution in [2.75, 3.05) is 31.5 Å². The summed E-state index contributed by atoms with van der Waals surface area (Å²) in [5.41, 5.74) is 0.730. The number of anilines is 1. The molecule has 3 rings (SSSR count). The van der Waals surface area contributed by atoms with Crippen molar-refractivity contribution < 1.29 is 9.59 Å². The second-order valence-electron chi connectivity index (χ2n) is 6.96. The Morgan fingerprint density at radius 3 is 2.50 bits per heavy atom. The highest BCUT2D eigenvalue weighted by Gasteiger charge is 2.32. The number of aromatic nitrogens is 1. The molecular weight excluding hydrogens is 304 g/mol. The van der Waals surface area contributed by atoms with Crippen LogP contribution >= 0.6 is 0 Å². The van der Waals surface area contributed by atoms with Gasteiger partial charge in [-0.05, 0) is 43.7 Å². The highest BCUT2D eigenvalue weighted by molar-refractivity contribution is 5.90. The fraction of sp³-hybridized carbons (Fsp3) is 0.611. The van der Waals surface area contributed by atoms with E-state index in [2.05, 4.69) is 17.2 Å². The number of piperidine rings is 2. The van der Waals surface area contributed by atoms with Gasteiger partial charge in [-0.2, -0.15) is 0 Å². The Labute approximate surface area is 143 Å². The van der Waals surface area contributed by atoms with Crippen molar-refractivity contribution in [3.05, 3.63) is 24.5 Å². The zero-order valence-electron chi connectivity index (χ0n) is 14.3. The van der Waals surface area contributed by atoms with Crippen LogP contribution in [0.1, 0.15) is 32.6 Å². The van der Waals surface area contributed by atoms with Crippen molar-refractivity contribution in [2.45, 2.75) is 32.6 Å². The summed E-state index contributed by atoms with van der Waals surface area (Å²) in [6.45, 7) is 5.19. The SMILES string of the molecule is CC1CCN(C(=O)[C@@H]2CCCN(C(=O)Nc3ccncc3)C2)CC1. The van der Waals surface area contributed by atoms with Crippen LogP contribution in [-0.4, -0.2) is 52.9 Å². The lowest BCUT2D eigenvalue weighted by atomic mass is 9.93. The molecule has 0 unspecified atom stereocenters. The number of urea groups is 1. The minimum Gasteiger partial charge on any atom is -0.342 e. The monoisotopic (exact) mass is 330 g/mol. The van der Waals surface area contributed by atoms with E-state index in [9.17, 15) is 9.59 Å². The highest BCUT2D eigenvalue weighted by atomic mass is 16.2. The van der Waals surface area contributed by atoms with E-state index >= 15 is 0 Å². The lowest BCUT2D eigenvalue weighted by Gasteiger charge is -2.37. The summed E-state index contributed by atoms with van der Waals surface area (Å²) in [4.78, 5) is 32.9. The average molecular weight is 330 g/mol. The Bertz CT molecular complexity index is 570. The molecule has 3 heterocycles. The predicted octanol–water partition coefficient (Wildman–Crippen LogP) is 2.58. The van der Waals surface area contributed by atoms with E-state index in [0.717, 1.165) is 44.5 Å². The summed E-state index contributed by atoms with van der Waals surface area (Å²) in [5.74, 6) is 0.877. The smallest absolute Gasteiger partial charge is 0.321 e. The molecule has 2 saturated heterocycles. The van der Waals surface area contributed by atoms with Crippen LogP contribution in [0.3, 0.4) is 0 Å². The van der Waals surface area contributed by atoms with Crippen molar-refractivity contribution in [3.8, 4) is 0 Å². The van der Waals surface area contributed by atoms with E-state index in [0.29, 0.717) is 19.0 Å². The number of rotatable bonds is 2. The van der Waals surface area contributed by atoms with Crippen LogP contribution in [0.4, 0.5) is 10.5 Å². The first-order valence-electron chi connectivity index (χ1n) is 8.88. The first-order valence-corrected chi connectivity index (χ1v) is 8.88. The predicted molar refractivity (Wildman–Crippen MR) is 92.5 cm³/mol. The number of carbonyl (C=O) groups is 2. The minimum absolute atomic E-state index is 0.0599. The number of carbonyl (C=O) groups excluding carboxylic acids is 2. The van der Waals surface area contributed by atoms with E-state index in [1.807, 2.05) is 4.90 Å². The second-order valence-corrected chi connectivity index (χ2v) is 6.96. The van der Waals surface area contributed by atoms with Gasteiger partial charge >= 0.3 is 6.03 Å². The van der Waals surface area contributed by atoms with Crippen LogP contribution in [0.2, 0.25) is 0 Å². The summed E-state index contributed by atoms with van der Waals surface area (Å²) in [7, 11) is 0. The lowest BCUT2D eigenvalue weighted by molar-refractivity contribution is -0.138. The molecule has 2 aliphatic heterocycles. The third kappa shape index (κ3) is 4.04. The number of hydrogen-bond acceptors (Lipinski definition) is 3. The van der Waals surface area contributed by atoms with Crippen LogP contribution in [-0.2, 0) is 4.79 Å².